The molecule has 3 aliphatic rings. The lowest BCUT2D eigenvalue weighted by Crippen LogP contribution is -2.56. The number of carbonyl (C=O) groups excluding carboxylic acids is 4. The molecule has 1 saturated carbocycles. The maximum atomic E-state index is 13.3. The van der Waals surface area contributed by atoms with Crippen LogP contribution < -0.4 is 4.90 Å². The molecule has 33 heavy (non-hydrogen) atoms. The molecule has 0 N–H and O–H groups in total. The number of amides is 2. The fraction of sp³-hybridized carbons (Fsp3) is 0.583. The van der Waals surface area contributed by atoms with Crippen LogP contribution in [0.4, 0.5) is 5.69 Å². The lowest BCUT2D eigenvalue weighted by Gasteiger charge is -2.35. The lowest BCUT2D eigenvalue weighted by atomic mass is 10.1. The van der Waals surface area contributed by atoms with E-state index in [9.17, 15) is 19.2 Å². The van der Waals surface area contributed by atoms with E-state index in [1.54, 1.807) is 32.9 Å². The Hall–Kier alpha value is -2.94. The van der Waals surface area contributed by atoms with Crippen molar-refractivity contribution in [3.8, 4) is 0 Å². The van der Waals surface area contributed by atoms with Crippen molar-refractivity contribution in [2.45, 2.75) is 64.9 Å². The number of hydrogen-bond acceptors (Lipinski definition) is 7. The number of fused-ring (bicyclic) bond motifs is 1. The number of nitrogens with zero attached hydrogens (tertiary/aromatic N) is 2. The molecule has 1 aromatic carbocycles. The standard InChI is InChI=1S/C24H30N2O7/c1-14(27)32-20(23(30)33-24(2,3)4)19-22(29)26(9-10-31-19)17-8-7-16-13-25(12-15-5-6-15)21(28)18(16)11-17/h7-8,11,15,19-20H,5-6,9-10,12-13H2,1-4H3/t19-,20-/m1/s1. The Morgan fingerprint density at radius 1 is 1.21 bits per heavy atom. The molecule has 178 valence electrons. The molecule has 0 unspecified atom stereocenters. The number of hydrogen-bond donors (Lipinski definition) is 0. The zero-order valence-electron chi connectivity index (χ0n) is 19.5. The second-order valence-corrected chi connectivity index (χ2v) is 9.82. The minimum absolute atomic E-state index is 0.0254. The van der Waals surface area contributed by atoms with Crippen LogP contribution in [-0.4, -0.2) is 66.2 Å². The third-order valence-electron chi connectivity index (χ3n) is 5.79. The summed E-state index contributed by atoms with van der Waals surface area (Å²) < 4.78 is 16.1. The van der Waals surface area contributed by atoms with Gasteiger partial charge in [0.1, 0.15) is 5.60 Å². The molecule has 0 spiro atoms. The van der Waals surface area contributed by atoms with Gasteiger partial charge in [0, 0.05) is 37.8 Å². The van der Waals surface area contributed by atoms with Crippen LogP contribution in [0.3, 0.4) is 0 Å². The first kappa shape index (κ1) is 23.2. The first-order chi connectivity index (χ1) is 15.5. The Kier molecular flexibility index (Phi) is 6.18. The van der Waals surface area contributed by atoms with Gasteiger partial charge in [0.2, 0.25) is 6.10 Å². The molecule has 1 aromatic rings. The van der Waals surface area contributed by atoms with Gasteiger partial charge >= 0.3 is 11.9 Å². The minimum atomic E-state index is -1.53. The van der Waals surface area contributed by atoms with E-state index in [1.165, 1.54) is 4.90 Å². The van der Waals surface area contributed by atoms with Crippen LogP contribution in [0.15, 0.2) is 18.2 Å². The molecule has 0 radical (unpaired) electrons. The highest BCUT2D eigenvalue weighted by atomic mass is 16.6. The van der Waals surface area contributed by atoms with Crippen LogP contribution in [0.25, 0.3) is 0 Å². The number of anilines is 1. The SMILES string of the molecule is CC(=O)O[C@@H](C(=O)OC(C)(C)C)[C@H]1OCCN(c2ccc3c(c2)C(=O)N(CC2CC2)C3)C1=O. The molecule has 1 saturated heterocycles. The summed E-state index contributed by atoms with van der Waals surface area (Å²) in [6.45, 7) is 7.92. The molecule has 2 amide bonds. The highest BCUT2D eigenvalue weighted by molar-refractivity contribution is 6.03. The van der Waals surface area contributed by atoms with Crippen molar-refractivity contribution < 1.29 is 33.4 Å². The molecular formula is C24H30N2O7. The quantitative estimate of drug-likeness (QED) is 0.601. The summed E-state index contributed by atoms with van der Waals surface area (Å²) in [7, 11) is 0. The number of morpholine rings is 1. The van der Waals surface area contributed by atoms with Crippen LogP contribution in [-0.2, 0) is 35.1 Å². The average molecular weight is 459 g/mol. The van der Waals surface area contributed by atoms with Gasteiger partial charge in [-0.1, -0.05) is 6.07 Å². The highest BCUT2D eigenvalue weighted by Crippen LogP contribution is 2.34. The predicted molar refractivity (Wildman–Crippen MR) is 117 cm³/mol. The van der Waals surface area contributed by atoms with Crippen LogP contribution in [0.5, 0.6) is 0 Å². The second-order valence-electron chi connectivity index (χ2n) is 9.82. The number of benzene rings is 1. The first-order valence-corrected chi connectivity index (χ1v) is 11.3. The van der Waals surface area contributed by atoms with E-state index in [4.69, 9.17) is 14.2 Å². The molecule has 9 nitrogen and oxygen atoms in total. The Morgan fingerprint density at radius 2 is 1.94 bits per heavy atom. The molecule has 0 bridgehead atoms. The summed E-state index contributed by atoms with van der Waals surface area (Å²) >= 11 is 0. The molecule has 2 aliphatic heterocycles. The zero-order valence-corrected chi connectivity index (χ0v) is 19.5. The topological polar surface area (TPSA) is 102 Å². The van der Waals surface area contributed by atoms with E-state index in [1.807, 2.05) is 11.0 Å². The van der Waals surface area contributed by atoms with Gasteiger partial charge in [0.05, 0.1) is 6.61 Å². The fourth-order valence-corrected chi connectivity index (χ4v) is 4.13. The molecular weight excluding hydrogens is 428 g/mol. The van der Waals surface area contributed by atoms with Gasteiger partial charge in [-0.05, 0) is 57.2 Å². The molecule has 1 aliphatic carbocycles. The summed E-state index contributed by atoms with van der Waals surface area (Å²) in [5.74, 6) is -1.53. The normalized spacial score (nSPS) is 21.6. The van der Waals surface area contributed by atoms with Crippen molar-refractivity contribution in [3.63, 3.8) is 0 Å². The zero-order chi connectivity index (χ0) is 23.9. The van der Waals surface area contributed by atoms with E-state index in [0.29, 0.717) is 23.7 Å². The van der Waals surface area contributed by atoms with Crippen molar-refractivity contribution in [2.75, 3.05) is 24.6 Å². The summed E-state index contributed by atoms with van der Waals surface area (Å²) in [6.07, 6.45) is -0.540. The Morgan fingerprint density at radius 3 is 2.58 bits per heavy atom. The monoisotopic (exact) mass is 458 g/mol. The van der Waals surface area contributed by atoms with Gasteiger partial charge in [-0.25, -0.2) is 4.79 Å². The van der Waals surface area contributed by atoms with E-state index in [2.05, 4.69) is 0 Å². The van der Waals surface area contributed by atoms with E-state index < -0.39 is 35.7 Å². The Bertz CT molecular complexity index is 980. The first-order valence-electron chi connectivity index (χ1n) is 11.3. The van der Waals surface area contributed by atoms with Crippen LogP contribution >= 0.6 is 0 Å². The summed E-state index contributed by atoms with van der Waals surface area (Å²) in [5.41, 5.74) is 1.24. The third kappa shape index (κ3) is 5.19. The summed E-state index contributed by atoms with van der Waals surface area (Å²) in [4.78, 5) is 53.9. The van der Waals surface area contributed by atoms with Gasteiger partial charge in [0.15, 0.2) is 6.10 Å². The van der Waals surface area contributed by atoms with Gasteiger partial charge in [-0.3, -0.25) is 14.4 Å². The Balaban J connectivity index is 1.54. The number of ether oxygens (including phenoxy) is 3. The molecule has 2 heterocycles. The maximum Gasteiger partial charge on any atom is 0.351 e. The van der Waals surface area contributed by atoms with Crippen LogP contribution in [0.1, 0.15) is 56.5 Å². The van der Waals surface area contributed by atoms with E-state index in [0.717, 1.165) is 31.9 Å². The summed E-state index contributed by atoms with van der Waals surface area (Å²) in [6, 6.07) is 5.38. The molecule has 2 atom stereocenters. The summed E-state index contributed by atoms with van der Waals surface area (Å²) in [5, 5.41) is 0. The molecule has 0 aromatic heterocycles. The minimum Gasteiger partial charge on any atom is -0.457 e. The number of carbonyl (C=O) groups is 4. The van der Waals surface area contributed by atoms with Gasteiger partial charge < -0.3 is 24.0 Å². The highest BCUT2D eigenvalue weighted by Gasteiger charge is 2.44. The Labute approximate surface area is 192 Å². The van der Waals surface area contributed by atoms with Crippen molar-refractivity contribution in [3.05, 3.63) is 29.3 Å². The van der Waals surface area contributed by atoms with Crippen molar-refractivity contribution >= 4 is 29.4 Å². The molecule has 2 fully saturated rings. The van der Waals surface area contributed by atoms with E-state index in [-0.39, 0.29) is 19.1 Å². The van der Waals surface area contributed by atoms with E-state index >= 15 is 0 Å². The number of esters is 2. The molecule has 4 rings (SSSR count). The third-order valence-corrected chi connectivity index (χ3v) is 5.79. The lowest BCUT2D eigenvalue weighted by molar-refractivity contribution is -0.188. The predicted octanol–water partition coefficient (Wildman–Crippen LogP) is 2.06. The van der Waals surface area contributed by atoms with Crippen molar-refractivity contribution in [1.29, 1.82) is 0 Å². The maximum absolute atomic E-state index is 13.3. The van der Waals surface area contributed by atoms with Crippen molar-refractivity contribution in [2.24, 2.45) is 5.92 Å². The van der Waals surface area contributed by atoms with Gasteiger partial charge in [-0.15, -0.1) is 0 Å². The fourth-order valence-electron chi connectivity index (χ4n) is 4.13. The smallest absolute Gasteiger partial charge is 0.351 e. The second kappa shape index (κ2) is 8.78. The number of rotatable bonds is 6. The molecule has 9 heteroatoms. The van der Waals surface area contributed by atoms with Crippen LogP contribution in [0, 0.1) is 5.92 Å². The van der Waals surface area contributed by atoms with Gasteiger partial charge in [-0.2, -0.15) is 0 Å². The largest absolute Gasteiger partial charge is 0.457 e. The average Bonchev–Trinajstić information content (AvgIpc) is 3.49. The van der Waals surface area contributed by atoms with Crippen LogP contribution in [0.2, 0.25) is 0 Å². The van der Waals surface area contributed by atoms with Crippen molar-refractivity contribution in [1.82, 2.24) is 4.90 Å². The van der Waals surface area contributed by atoms with Gasteiger partial charge in [0.25, 0.3) is 11.8 Å².